The van der Waals surface area contributed by atoms with E-state index < -0.39 is 0 Å². The minimum atomic E-state index is 0.0329. The molecule has 0 aliphatic carbocycles. The van der Waals surface area contributed by atoms with E-state index >= 15 is 0 Å². The molecule has 0 fully saturated rings. The van der Waals surface area contributed by atoms with Gasteiger partial charge in [-0.15, -0.1) is 0 Å². The molecule has 0 aliphatic rings. The van der Waals surface area contributed by atoms with E-state index in [1.807, 2.05) is 31.0 Å². The van der Waals surface area contributed by atoms with Gasteiger partial charge in [0, 0.05) is 24.8 Å². The van der Waals surface area contributed by atoms with Crippen LogP contribution in [0.25, 0.3) is 0 Å². The van der Waals surface area contributed by atoms with Crippen LogP contribution < -0.4 is 16.6 Å². The summed E-state index contributed by atoms with van der Waals surface area (Å²) in [6.45, 7) is 3.72. The van der Waals surface area contributed by atoms with Crippen LogP contribution in [0.1, 0.15) is 18.9 Å². The van der Waals surface area contributed by atoms with Crippen LogP contribution in [0.2, 0.25) is 0 Å². The molecule has 0 aromatic carbocycles. The molecule has 0 aliphatic heterocycles. The van der Waals surface area contributed by atoms with E-state index in [9.17, 15) is 4.79 Å². The molecular formula is C12H21N5O. The first kappa shape index (κ1) is 14.4. The smallest absolute Gasteiger partial charge is 0.234 e. The summed E-state index contributed by atoms with van der Waals surface area (Å²) in [5.41, 5.74) is 3.51. The lowest BCUT2D eigenvalue weighted by molar-refractivity contribution is -0.122. The number of hydrogen-bond acceptors (Lipinski definition) is 5. The Kier molecular flexibility index (Phi) is 6.10. The standard InChI is InChI=1S/C12H21N5O/c1-3-6-14-11(18)9-17(2)8-10-5-4-7-15-12(10)16-13/h4-5,7H,3,6,8-9,13H2,1-2H3,(H,14,18)(H,15,16). The second kappa shape index (κ2) is 7.62. The van der Waals surface area contributed by atoms with E-state index in [0.717, 1.165) is 18.5 Å². The minimum absolute atomic E-state index is 0.0329. The molecule has 0 saturated heterocycles. The van der Waals surface area contributed by atoms with Crippen molar-refractivity contribution >= 4 is 11.7 Å². The highest BCUT2D eigenvalue weighted by Crippen LogP contribution is 2.11. The Morgan fingerprint density at radius 1 is 1.56 bits per heavy atom. The molecule has 100 valence electrons. The number of likely N-dealkylation sites (N-methyl/N-ethyl adjacent to an activating group) is 1. The molecule has 4 N–H and O–H groups in total. The number of anilines is 1. The molecule has 6 nitrogen and oxygen atoms in total. The zero-order chi connectivity index (χ0) is 13.4. The second-order valence-electron chi connectivity index (χ2n) is 4.18. The lowest BCUT2D eigenvalue weighted by Crippen LogP contribution is -2.35. The molecular weight excluding hydrogens is 230 g/mol. The molecule has 18 heavy (non-hydrogen) atoms. The third kappa shape index (κ3) is 4.68. The first-order valence-electron chi connectivity index (χ1n) is 6.03. The maximum atomic E-state index is 11.5. The molecule has 1 heterocycles. The highest BCUT2D eigenvalue weighted by molar-refractivity contribution is 5.77. The Balaban J connectivity index is 2.48. The van der Waals surface area contributed by atoms with Crippen LogP contribution in [0.3, 0.4) is 0 Å². The number of amides is 1. The number of nitrogens with zero attached hydrogens (tertiary/aromatic N) is 2. The summed E-state index contributed by atoms with van der Waals surface area (Å²) in [5, 5.41) is 2.84. The molecule has 1 rings (SSSR count). The van der Waals surface area contributed by atoms with Crippen molar-refractivity contribution in [1.29, 1.82) is 0 Å². The summed E-state index contributed by atoms with van der Waals surface area (Å²) in [6.07, 6.45) is 2.62. The highest BCUT2D eigenvalue weighted by atomic mass is 16.2. The molecule has 1 aromatic rings. The van der Waals surface area contributed by atoms with Gasteiger partial charge in [0.1, 0.15) is 5.82 Å². The number of nitrogen functional groups attached to an aromatic ring is 1. The van der Waals surface area contributed by atoms with Crippen LogP contribution in [-0.4, -0.2) is 35.9 Å². The summed E-state index contributed by atoms with van der Waals surface area (Å²) in [4.78, 5) is 17.6. The summed E-state index contributed by atoms with van der Waals surface area (Å²) in [6, 6.07) is 3.78. The largest absolute Gasteiger partial charge is 0.355 e. The van der Waals surface area contributed by atoms with Crippen molar-refractivity contribution in [1.82, 2.24) is 15.2 Å². The van der Waals surface area contributed by atoms with Gasteiger partial charge < -0.3 is 10.7 Å². The summed E-state index contributed by atoms with van der Waals surface area (Å²) < 4.78 is 0. The van der Waals surface area contributed by atoms with Crippen LogP contribution in [0, 0.1) is 0 Å². The Hall–Kier alpha value is -1.66. The van der Waals surface area contributed by atoms with Crippen molar-refractivity contribution in [3.8, 4) is 0 Å². The molecule has 0 radical (unpaired) electrons. The normalized spacial score (nSPS) is 10.4. The van der Waals surface area contributed by atoms with Gasteiger partial charge >= 0.3 is 0 Å². The SMILES string of the molecule is CCCNC(=O)CN(C)Cc1cccnc1NN. The number of carbonyl (C=O) groups is 1. The zero-order valence-electron chi connectivity index (χ0n) is 10.9. The molecule has 0 saturated carbocycles. The Morgan fingerprint density at radius 2 is 2.33 bits per heavy atom. The maximum Gasteiger partial charge on any atom is 0.234 e. The van der Waals surface area contributed by atoms with E-state index in [-0.39, 0.29) is 5.91 Å². The topological polar surface area (TPSA) is 83.3 Å². The van der Waals surface area contributed by atoms with Gasteiger partial charge in [0.25, 0.3) is 0 Å². The van der Waals surface area contributed by atoms with E-state index in [4.69, 9.17) is 5.84 Å². The molecule has 1 aromatic heterocycles. The molecule has 0 atom stereocenters. The molecule has 1 amide bonds. The average molecular weight is 251 g/mol. The van der Waals surface area contributed by atoms with Crippen LogP contribution in [0.15, 0.2) is 18.3 Å². The number of carbonyl (C=O) groups excluding carboxylic acids is 1. The molecule has 6 heteroatoms. The quantitative estimate of drug-likeness (QED) is 0.480. The van der Waals surface area contributed by atoms with Crippen LogP contribution in [0.4, 0.5) is 5.82 Å². The fourth-order valence-electron chi connectivity index (χ4n) is 1.61. The number of aromatic nitrogens is 1. The molecule has 0 spiro atoms. The first-order valence-corrected chi connectivity index (χ1v) is 6.03. The van der Waals surface area contributed by atoms with Crippen LogP contribution >= 0.6 is 0 Å². The van der Waals surface area contributed by atoms with Gasteiger partial charge in [-0.25, -0.2) is 10.8 Å². The van der Waals surface area contributed by atoms with E-state index in [1.54, 1.807) is 6.20 Å². The lowest BCUT2D eigenvalue weighted by atomic mass is 10.2. The van der Waals surface area contributed by atoms with Crippen molar-refractivity contribution in [3.05, 3.63) is 23.9 Å². The van der Waals surface area contributed by atoms with Gasteiger partial charge in [0.15, 0.2) is 0 Å². The van der Waals surface area contributed by atoms with Gasteiger partial charge in [-0.05, 0) is 19.5 Å². The lowest BCUT2D eigenvalue weighted by Gasteiger charge is -2.17. The van der Waals surface area contributed by atoms with Gasteiger partial charge in [-0.2, -0.15) is 0 Å². The number of hydrazine groups is 1. The predicted octanol–water partition coefficient (Wildman–Crippen LogP) is 0.325. The number of nitrogens with two attached hydrogens (primary N) is 1. The van der Waals surface area contributed by atoms with Gasteiger partial charge in [0.05, 0.1) is 6.54 Å². The van der Waals surface area contributed by atoms with Crippen molar-refractivity contribution in [2.24, 2.45) is 5.84 Å². The van der Waals surface area contributed by atoms with E-state index in [0.29, 0.717) is 18.9 Å². The number of nitrogens with one attached hydrogen (secondary N) is 2. The summed E-state index contributed by atoms with van der Waals surface area (Å²) in [7, 11) is 1.89. The van der Waals surface area contributed by atoms with Crippen molar-refractivity contribution in [2.45, 2.75) is 19.9 Å². The Labute approximate surface area is 108 Å². The van der Waals surface area contributed by atoms with Gasteiger partial charge in [0.2, 0.25) is 5.91 Å². The van der Waals surface area contributed by atoms with E-state index in [1.165, 1.54) is 0 Å². The highest BCUT2D eigenvalue weighted by Gasteiger charge is 2.09. The fraction of sp³-hybridized carbons (Fsp3) is 0.500. The minimum Gasteiger partial charge on any atom is -0.355 e. The van der Waals surface area contributed by atoms with Crippen molar-refractivity contribution in [2.75, 3.05) is 25.6 Å². The van der Waals surface area contributed by atoms with Crippen molar-refractivity contribution in [3.63, 3.8) is 0 Å². The molecule has 0 bridgehead atoms. The number of rotatable bonds is 7. The van der Waals surface area contributed by atoms with Gasteiger partial charge in [-0.1, -0.05) is 13.0 Å². The Morgan fingerprint density at radius 3 is 3.00 bits per heavy atom. The summed E-state index contributed by atoms with van der Waals surface area (Å²) >= 11 is 0. The predicted molar refractivity (Wildman–Crippen MR) is 71.7 cm³/mol. The monoisotopic (exact) mass is 251 g/mol. The van der Waals surface area contributed by atoms with Crippen LogP contribution in [-0.2, 0) is 11.3 Å². The first-order chi connectivity index (χ1) is 8.67. The third-order valence-electron chi connectivity index (χ3n) is 2.45. The van der Waals surface area contributed by atoms with Gasteiger partial charge in [-0.3, -0.25) is 9.69 Å². The van der Waals surface area contributed by atoms with Crippen molar-refractivity contribution < 1.29 is 4.79 Å². The maximum absolute atomic E-state index is 11.5. The fourth-order valence-corrected chi connectivity index (χ4v) is 1.61. The molecule has 0 unspecified atom stereocenters. The third-order valence-corrected chi connectivity index (χ3v) is 2.45. The van der Waals surface area contributed by atoms with E-state index in [2.05, 4.69) is 15.7 Å². The van der Waals surface area contributed by atoms with Crippen LogP contribution in [0.5, 0.6) is 0 Å². The average Bonchev–Trinajstić information content (AvgIpc) is 2.36. The summed E-state index contributed by atoms with van der Waals surface area (Å²) in [5.74, 6) is 6.05. The Bertz CT molecular complexity index is 382. The zero-order valence-corrected chi connectivity index (χ0v) is 10.9. The second-order valence-corrected chi connectivity index (χ2v) is 4.18. The number of hydrogen-bond donors (Lipinski definition) is 3. The number of pyridine rings is 1.